The number of hydrogen-bond acceptors (Lipinski definition) is 8. The molecule has 0 aliphatic carbocycles. The molecule has 0 bridgehead atoms. The monoisotopic (exact) mass is 536 g/mol. The SMILES string of the molecule is O=C1CC(c2ccc(-c3ccc(C(=O)O)cc3)o2)c2c(ccc3c2O/C(=C\c2ccc4c(c2)OCCO4)C3=O)O1. The summed E-state index contributed by atoms with van der Waals surface area (Å²) in [6.45, 7) is 0.928. The van der Waals surface area contributed by atoms with Crippen LogP contribution >= 0.6 is 0 Å². The van der Waals surface area contributed by atoms with E-state index in [4.69, 9.17) is 28.5 Å². The first-order chi connectivity index (χ1) is 19.4. The van der Waals surface area contributed by atoms with E-state index in [2.05, 4.69) is 0 Å². The fourth-order valence-corrected chi connectivity index (χ4v) is 5.12. The number of ether oxygens (including phenoxy) is 4. The highest BCUT2D eigenvalue weighted by Crippen LogP contribution is 2.49. The van der Waals surface area contributed by atoms with Gasteiger partial charge in [0.25, 0.3) is 0 Å². The van der Waals surface area contributed by atoms with Gasteiger partial charge in [-0.25, -0.2) is 4.79 Å². The van der Waals surface area contributed by atoms with Crippen LogP contribution in [0.4, 0.5) is 0 Å². The van der Waals surface area contributed by atoms with Crippen LogP contribution in [0.2, 0.25) is 0 Å². The number of fused-ring (bicyclic) bond motifs is 4. The molecule has 198 valence electrons. The molecule has 0 saturated heterocycles. The van der Waals surface area contributed by atoms with Gasteiger partial charge in [-0.05, 0) is 60.2 Å². The Morgan fingerprint density at radius 2 is 1.62 bits per heavy atom. The van der Waals surface area contributed by atoms with Gasteiger partial charge >= 0.3 is 11.9 Å². The minimum absolute atomic E-state index is 0.00683. The highest BCUT2D eigenvalue weighted by molar-refractivity contribution is 6.15. The highest BCUT2D eigenvalue weighted by Gasteiger charge is 2.39. The lowest BCUT2D eigenvalue weighted by Crippen LogP contribution is -2.21. The number of furan rings is 1. The summed E-state index contributed by atoms with van der Waals surface area (Å²) in [7, 11) is 0. The van der Waals surface area contributed by atoms with Crippen LogP contribution < -0.4 is 18.9 Å². The third-order valence-electron chi connectivity index (χ3n) is 7.03. The molecule has 1 aromatic heterocycles. The number of carboxylic acids is 1. The van der Waals surface area contributed by atoms with Crippen LogP contribution in [0.1, 0.15) is 49.9 Å². The summed E-state index contributed by atoms with van der Waals surface area (Å²) in [6, 6.07) is 18.4. The van der Waals surface area contributed by atoms with Gasteiger partial charge in [0.1, 0.15) is 36.2 Å². The van der Waals surface area contributed by atoms with Crippen LogP contribution in [0.3, 0.4) is 0 Å². The molecular weight excluding hydrogens is 516 g/mol. The third-order valence-corrected chi connectivity index (χ3v) is 7.03. The molecule has 0 fully saturated rings. The van der Waals surface area contributed by atoms with Crippen molar-refractivity contribution >= 4 is 23.8 Å². The van der Waals surface area contributed by atoms with Crippen LogP contribution in [-0.4, -0.2) is 36.0 Å². The summed E-state index contributed by atoms with van der Waals surface area (Å²) in [5.41, 5.74) is 2.47. The standard InChI is InChI=1S/C31H20O9/c32-27-15-20(22-10-9-21(38-22)17-2-4-18(5-3-17)31(34)35)28-24(39-27)8-6-19-29(33)26(40-30(19)28)14-16-1-7-23-25(13-16)37-12-11-36-23/h1-10,13-14,20H,11-12,15H2,(H,34,35)/b26-14-. The van der Waals surface area contributed by atoms with Crippen LogP contribution in [-0.2, 0) is 4.79 Å². The first-order valence-electron chi connectivity index (χ1n) is 12.6. The van der Waals surface area contributed by atoms with E-state index < -0.39 is 17.9 Å². The number of Topliss-reactive ketones (excluding diaryl/α,β-unsaturated/α-hetero) is 1. The Balaban J connectivity index is 1.24. The summed E-state index contributed by atoms with van der Waals surface area (Å²) in [5, 5.41) is 9.16. The van der Waals surface area contributed by atoms with Crippen LogP contribution in [0, 0.1) is 0 Å². The molecule has 1 unspecified atom stereocenters. The maximum atomic E-state index is 13.3. The Morgan fingerprint density at radius 3 is 2.42 bits per heavy atom. The Bertz CT molecular complexity index is 1740. The average molecular weight is 536 g/mol. The van der Waals surface area contributed by atoms with Crippen molar-refractivity contribution in [2.75, 3.05) is 13.2 Å². The van der Waals surface area contributed by atoms with E-state index >= 15 is 0 Å². The summed E-state index contributed by atoms with van der Waals surface area (Å²) in [5.74, 6) is 0.706. The number of hydrogen-bond donors (Lipinski definition) is 1. The number of allylic oxidation sites excluding steroid dienone is 1. The molecule has 1 N–H and O–H groups in total. The van der Waals surface area contributed by atoms with Gasteiger partial charge in [0.2, 0.25) is 5.78 Å². The van der Waals surface area contributed by atoms with Crippen molar-refractivity contribution in [2.45, 2.75) is 12.3 Å². The Hall–Kier alpha value is -5.31. The predicted molar refractivity (Wildman–Crippen MR) is 140 cm³/mol. The Kier molecular flexibility index (Phi) is 5.45. The molecule has 0 saturated carbocycles. The third kappa shape index (κ3) is 3.99. The lowest BCUT2D eigenvalue weighted by Gasteiger charge is -2.24. The van der Waals surface area contributed by atoms with E-state index in [1.807, 2.05) is 6.07 Å². The molecule has 4 aromatic rings. The Labute approximate surface area is 227 Å². The largest absolute Gasteiger partial charge is 0.486 e. The normalized spacial score (nSPS) is 18.1. The fraction of sp³-hybridized carbons (Fsp3) is 0.129. The molecule has 40 heavy (non-hydrogen) atoms. The average Bonchev–Trinajstić information content (AvgIpc) is 3.58. The second kappa shape index (κ2) is 9.16. The zero-order valence-corrected chi connectivity index (χ0v) is 20.8. The number of carbonyl (C=O) groups is 3. The van der Waals surface area contributed by atoms with E-state index in [0.717, 1.165) is 0 Å². The molecule has 3 aliphatic rings. The van der Waals surface area contributed by atoms with Gasteiger partial charge in [0.15, 0.2) is 17.3 Å². The maximum Gasteiger partial charge on any atom is 0.335 e. The van der Waals surface area contributed by atoms with E-state index in [1.165, 1.54) is 12.1 Å². The number of aromatic carboxylic acids is 1. The molecule has 4 heterocycles. The highest BCUT2D eigenvalue weighted by atomic mass is 16.6. The number of benzene rings is 3. The summed E-state index contributed by atoms with van der Waals surface area (Å²) in [4.78, 5) is 37.0. The molecule has 9 heteroatoms. The molecule has 9 nitrogen and oxygen atoms in total. The van der Waals surface area contributed by atoms with Crippen molar-refractivity contribution in [3.05, 3.63) is 101 Å². The van der Waals surface area contributed by atoms with Crippen molar-refractivity contribution < 1.29 is 42.9 Å². The molecule has 3 aromatic carbocycles. The summed E-state index contributed by atoms with van der Waals surface area (Å²) in [6.07, 6.45) is 1.63. The number of esters is 1. The molecule has 7 rings (SSSR count). The van der Waals surface area contributed by atoms with Crippen LogP contribution in [0.15, 0.2) is 76.9 Å². The first-order valence-corrected chi connectivity index (χ1v) is 12.6. The predicted octanol–water partition coefficient (Wildman–Crippen LogP) is 5.47. The zero-order chi connectivity index (χ0) is 27.4. The van der Waals surface area contributed by atoms with Crippen LogP contribution in [0.25, 0.3) is 17.4 Å². The van der Waals surface area contributed by atoms with E-state index in [9.17, 15) is 14.4 Å². The van der Waals surface area contributed by atoms with E-state index in [1.54, 1.807) is 54.6 Å². The van der Waals surface area contributed by atoms with Crippen molar-refractivity contribution in [1.82, 2.24) is 0 Å². The van der Waals surface area contributed by atoms with E-state index in [-0.39, 0.29) is 23.5 Å². The van der Waals surface area contributed by atoms with Gasteiger partial charge in [-0.2, -0.15) is 0 Å². The second-order valence-corrected chi connectivity index (χ2v) is 9.51. The van der Waals surface area contributed by atoms with Crippen molar-refractivity contribution in [2.24, 2.45) is 0 Å². The Morgan fingerprint density at radius 1 is 0.850 bits per heavy atom. The van der Waals surface area contributed by atoms with Crippen molar-refractivity contribution in [1.29, 1.82) is 0 Å². The van der Waals surface area contributed by atoms with Gasteiger partial charge in [0, 0.05) is 11.1 Å². The molecule has 0 spiro atoms. The van der Waals surface area contributed by atoms with Crippen molar-refractivity contribution in [3.63, 3.8) is 0 Å². The molecule has 3 aliphatic heterocycles. The minimum Gasteiger partial charge on any atom is -0.486 e. The first kappa shape index (κ1) is 23.8. The van der Waals surface area contributed by atoms with Gasteiger partial charge < -0.3 is 28.5 Å². The van der Waals surface area contributed by atoms with Gasteiger partial charge in [-0.1, -0.05) is 18.2 Å². The smallest absolute Gasteiger partial charge is 0.335 e. The topological polar surface area (TPSA) is 122 Å². The molecule has 1 atom stereocenters. The van der Waals surface area contributed by atoms with Crippen LogP contribution in [0.5, 0.6) is 23.0 Å². The minimum atomic E-state index is -1.02. The number of ketones is 1. The van der Waals surface area contributed by atoms with Gasteiger partial charge in [-0.3, -0.25) is 9.59 Å². The van der Waals surface area contributed by atoms with Gasteiger partial charge in [0.05, 0.1) is 23.5 Å². The number of carboxylic acid groups (broad SMARTS) is 1. The van der Waals surface area contributed by atoms with E-state index in [0.29, 0.717) is 70.0 Å². The maximum absolute atomic E-state index is 13.3. The fourth-order valence-electron chi connectivity index (χ4n) is 5.12. The molecule has 0 amide bonds. The number of carbonyl (C=O) groups excluding carboxylic acids is 2. The summed E-state index contributed by atoms with van der Waals surface area (Å²) < 4.78 is 29.0. The lowest BCUT2D eigenvalue weighted by molar-refractivity contribution is -0.135. The number of rotatable bonds is 4. The van der Waals surface area contributed by atoms with Crippen molar-refractivity contribution in [3.8, 4) is 34.3 Å². The summed E-state index contributed by atoms with van der Waals surface area (Å²) >= 11 is 0. The zero-order valence-electron chi connectivity index (χ0n) is 20.8. The molecule has 0 radical (unpaired) electrons. The van der Waals surface area contributed by atoms with Gasteiger partial charge in [-0.15, -0.1) is 0 Å². The molecular formula is C31H20O9. The lowest BCUT2D eigenvalue weighted by atomic mass is 9.88. The second-order valence-electron chi connectivity index (χ2n) is 9.51. The quantitative estimate of drug-likeness (QED) is 0.205.